The lowest BCUT2D eigenvalue weighted by Gasteiger charge is -2.21. The number of imidazole rings is 3. The van der Waals surface area contributed by atoms with Gasteiger partial charge in [0.25, 0.3) is 11.1 Å². The molecule has 5 aromatic heterocycles. The molecule has 24 N–H and O–H groups in total. The highest BCUT2D eigenvalue weighted by Crippen LogP contribution is 2.34. The summed E-state index contributed by atoms with van der Waals surface area (Å²) in [6.07, 6.45) is 4.06. The lowest BCUT2D eigenvalue weighted by atomic mass is 10.1. The molecular weight excluding hydrogens is 873 g/mol. The first-order valence-corrected chi connectivity index (χ1v) is 20.4. The minimum absolute atomic E-state index is 0.0141. The zero-order valence-electron chi connectivity index (χ0n) is 35.3. The van der Waals surface area contributed by atoms with Gasteiger partial charge in [0, 0.05) is 49.1 Å². The topological polar surface area (TPSA) is 510 Å². The fraction of sp³-hybridized carbons (Fsp3) is 0.514. The van der Waals surface area contributed by atoms with Crippen LogP contribution in [0.15, 0.2) is 49.5 Å². The van der Waals surface area contributed by atoms with Crippen LogP contribution in [0.4, 0.5) is 17.6 Å². The molecule has 31 heteroatoms. The number of nitrogens with zero attached hydrogens (tertiary/aromatic N) is 9. The number of aliphatic imine (C=N–C) groups is 2. The van der Waals surface area contributed by atoms with Crippen LogP contribution in [0.2, 0.25) is 0 Å². The predicted molar refractivity (Wildman–Crippen MR) is 235 cm³/mol. The number of rotatable bonds is 6. The number of aromatic nitrogens is 10. The summed E-state index contributed by atoms with van der Waals surface area (Å²) in [6.45, 7) is 1.16. The fourth-order valence-corrected chi connectivity index (χ4v) is 7.56. The summed E-state index contributed by atoms with van der Waals surface area (Å²) in [5.74, 6) is 1.88. The Morgan fingerprint density at radius 1 is 0.697 bits per heavy atom. The standard InChI is InChI=1S/C10H17N7O2.C10H14N6O3.C10H15N3O4.C5H8N6/c11-4-1-6(19-5(4)2-18)17-3-14-7-8(12)15-10(13)16-9(7)17;11-4-1-6(19-5(4)2-17)16-3-13-7-8(16)14-10(12)15-9(7)18;1-5-3-13(10(16)12-9(5)15)8-2-6(11)7(4-14)17-8;6-3-2-4(9-1-8-2)11-5(7)10-3/h3-6,8,18H,1-2,11-12H2,(H3,13,15,16);3-6,17H,1-2,11H2,(H3,12,14,15,18);3,6-8,14H,2,4,11H2,1H3,(H,12,15,16);1,3H,6H2,(H,8,9)(H3,7,10,11)/t4?,5-,6-,8?;4?,5-,6-;6?,7-,8-;/m111./s1. The molecule has 5 aromatic rings. The highest BCUT2D eigenvalue weighted by Gasteiger charge is 2.37. The number of aryl methyl sites for hydroxylation is 1. The summed E-state index contributed by atoms with van der Waals surface area (Å²) >= 11 is 0. The second-order valence-electron chi connectivity index (χ2n) is 15.6. The van der Waals surface area contributed by atoms with Crippen molar-refractivity contribution in [3.8, 4) is 0 Å². The number of nitrogen functional groups attached to an aromatic ring is 1. The van der Waals surface area contributed by atoms with Crippen molar-refractivity contribution in [1.29, 1.82) is 0 Å². The molecule has 5 aliphatic heterocycles. The van der Waals surface area contributed by atoms with Crippen LogP contribution in [-0.4, -0.2) is 132 Å². The molecule has 10 heterocycles. The predicted octanol–water partition coefficient (Wildman–Crippen LogP) is -5.94. The minimum Gasteiger partial charge on any atom is -0.394 e. The Bertz CT molecular complexity index is 2720. The van der Waals surface area contributed by atoms with Crippen molar-refractivity contribution in [3.63, 3.8) is 0 Å². The molecule has 0 saturated carbocycles. The van der Waals surface area contributed by atoms with Gasteiger partial charge in [-0.25, -0.2) is 29.7 Å². The molecule has 0 aromatic carbocycles. The van der Waals surface area contributed by atoms with E-state index in [2.05, 4.69) is 55.5 Å². The van der Waals surface area contributed by atoms with Crippen molar-refractivity contribution >= 4 is 40.7 Å². The van der Waals surface area contributed by atoms with Crippen molar-refractivity contribution < 1.29 is 29.5 Å². The van der Waals surface area contributed by atoms with E-state index in [-0.39, 0.29) is 67.7 Å². The number of aliphatic hydroxyl groups excluding tert-OH is 3. The summed E-state index contributed by atoms with van der Waals surface area (Å²) in [6, 6.07) is -0.799. The Morgan fingerprint density at radius 3 is 1.83 bits per heavy atom. The van der Waals surface area contributed by atoms with E-state index < -0.39 is 53.8 Å². The van der Waals surface area contributed by atoms with Gasteiger partial charge in [-0.2, -0.15) is 4.98 Å². The van der Waals surface area contributed by atoms with Gasteiger partial charge < -0.3 is 91.0 Å². The smallest absolute Gasteiger partial charge is 0.330 e. The molecule has 66 heavy (non-hydrogen) atoms. The third-order valence-corrected chi connectivity index (χ3v) is 11.0. The Kier molecular flexibility index (Phi) is 14.2. The van der Waals surface area contributed by atoms with Crippen molar-refractivity contribution in [2.75, 3.05) is 36.2 Å². The van der Waals surface area contributed by atoms with Crippen LogP contribution in [0.1, 0.15) is 67.2 Å². The third kappa shape index (κ3) is 9.94. The monoisotopic (exact) mass is 926 g/mol. The van der Waals surface area contributed by atoms with Gasteiger partial charge >= 0.3 is 5.69 Å². The summed E-state index contributed by atoms with van der Waals surface area (Å²) in [4.78, 5) is 66.0. The summed E-state index contributed by atoms with van der Waals surface area (Å²) in [5, 5.41) is 33.0. The van der Waals surface area contributed by atoms with Gasteiger partial charge in [-0.1, -0.05) is 0 Å². The number of nitrogens with two attached hydrogens (primary N) is 8. The van der Waals surface area contributed by atoms with Crippen LogP contribution in [-0.2, 0) is 14.2 Å². The molecule has 0 bridgehead atoms. The molecule has 3 saturated heterocycles. The molecule has 358 valence electrons. The maximum atomic E-state index is 11.7. The van der Waals surface area contributed by atoms with E-state index >= 15 is 0 Å². The van der Waals surface area contributed by atoms with E-state index in [1.54, 1.807) is 28.7 Å². The average Bonchev–Trinajstić information content (AvgIpc) is 4.13. The first-order valence-electron chi connectivity index (χ1n) is 20.4. The number of aromatic amines is 3. The molecule has 0 spiro atoms. The number of hydrogen-bond donors (Lipinski definition) is 16. The van der Waals surface area contributed by atoms with Crippen LogP contribution in [0.25, 0.3) is 11.2 Å². The highest BCUT2D eigenvalue weighted by atomic mass is 16.5. The Labute approximate surface area is 371 Å². The molecule has 0 aliphatic carbocycles. The molecule has 5 aliphatic rings. The first kappa shape index (κ1) is 47.3. The largest absolute Gasteiger partial charge is 0.394 e. The van der Waals surface area contributed by atoms with Crippen LogP contribution >= 0.6 is 0 Å². The van der Waals surface area contributed by atoms with Crippen molar-refractivity contribution in [2.45, 2.75) is 93.6 Å². The molecule has 31 nitrogen and oxygen atoms in total. The zero-order chi connectivity index (χ0) is 47.6. The number of aliphatic hydroxyl groups is 3. The third-order valence-electron chi connectivity index (χ3n) is 11.0. The highest BCUT2D eigenvalue weighted by molar-refractivity contribution is 5.94. The summed E-state index contributed by atoms with van der Waals surface area (Å²) in [7, 11) is 0. The number of H-pyrrole nitrogens is 3. The molecule has 10 rings (SSSR count). The van der Waals surface area contributed by atoms with Crippen LogP contribution in [0.3, 0.4) is 0 Å². The number of guanidine groups is 2. The van der Waals surface area contributed by atoms with Gasteiger partial charge in [-0.05, 0) is 6.92 Å². The van der Waals surface area contributed by atoms with E-state index in [4.69, 9.17) is 75.4 Å². The maximum Gasteiger partial charge on any atom is 0.330 e. The number of nitrogens with one attached hydrogen (secondary N) is 5. The van der Waals surface area contributed by atoms with E-state index in [0.29, 0.717) is 53.8 Å². The molecule has 11 atom stereocenters. The maximum absolute atomic E-state index is 11.7. The molecule has 0 radical (unpaired) electrons. The second kappa shape index (κ2) is 19.8. The van der Waals surface area contributed by atoms with Crippen LogP contribution in [0, 0.1) is 6.92 Å². The summed E-state index contributed by atoms with van der Waals surface area (Å²) in [5.41, 5.74) is 46.5. The van der Waals surface area contributed by atoms with Crippen LogP contribution < -0.4 is 73.3 Å². The van der Waals surface area contributed by atoms with Crippen molar-refractivity contribution in [3.05, 3.63) is 73.3 Å². The molecule has 3 fully saturated rings. The quantitative estimate of drug-likeness (QED) is 0.0754. The lowest BCUT2D eigenvalue weighted by molar-refractivity contribution is -0.0272. The normalized spacial score (nSPS) is 28.5. The molecule has 5 unspecified atom stereocenters. The first-order chi connectivity index (χ1) is 31.5. The van der Waals surface area contributed by atoms with Gasteiger partial charge in [-0.15, -0.1) is 0 Å². The minimum atomic E-state index is -0.582. The Morgan fingerprint density at radius 2 is 1.24 bits per heavy atom. The van der Waals surface area contributed by atoms with Gasteiger partial charge in [0.05, 0.1) is 62.8 Å². The Balaban J connectivity index is 0.000000133. The molecule has 0 amide bonds. The molecular formula is C35H54N22O9. The van der Waals surface area contributed by atoms with E-state index in [1.165, 1.54) is 17.1 Å². The van der Waals surface area contributed by atoms with Gasteiger partial charge in [-0.3, -0.25) is 33.3 Å². The second-order valence-corrected chi connectivity index (χ2v) is 15.6. The number of fused-ring (bicyclic) bond motifs is 3. The van der Waals surface area contributed by atoms with E-state index in [1.807, 2.05) is 0 Å². The number of anilines is 3. The van der Waals surface area contributed by atoms with E-state index in [9.17, 15) is 14.4 Å². The van der Waals surface area contributed by atoms with Crippen LogP contribution in [0.5, 0.6) is 0 Å². The average molecular weight is 927 g/mol. The lowest BCUT2D eigenvalue weighted by Crippen LogP contribution is -2.33. The van der Waals surface area contributed by atoms with Crippen molar-refractivity contribution in [2.24, 2.45) is 50.1 Å². The van der Waals surface area contributed by atoms with Crippen molar-refractivity contribution in [1.82, 2.24) is 48.6 Å². The van der Waals surface area contributed by atoms with Gasteiger partial charge in [0.1, 0.15) is 42.5 Å². The zero-order valence-corrected chi connectivity index (χ0v) is 35.3. The number of ether oxygens (including phenoxy) is 3. The van der Waals surface area contributed by atoms with Gasteiger partial charge in [0.15, 0.2) is 28.9 Å². The van der Waals surface area contributed by atoms with E-state index in [0.717, 1.165) is 5.69 Å². The number of hydrogen-bond acceptors (Lipinski definition) is 25. The fourth-order valence-electron chi connectivity index (χ4n) is 7.56. The Hall–Kier alpha value is -6.65. The van der Waals surface area contributed by atoms with Gasteiger partial charge in [0.2, 0.25) is 5.95 Å². The summed E-state index contributed by atoms with van der Waals surface area (Å²) < 4.78 is 21.4. The SMILES string of the molecule is Cc1cn([C@H]2CC(N)[C@@H](CO)O2)c(=O)[nH]c1=O.NC1=NC(N)c2[nH]cnc2N1.NC1=NC(N)c2ncn([C@H]3CC(N)[C@@H](CO)O3)c2N1.Nc1nc2c(ncn2[C@H]2CC(N)[C@@H](CO)O2)c(=O)[nH]1.